The molecule has 0 spiro atoms. The van der Waals surface area contributed by atoms with Crippen molar-refractivity contribution in [2.45, 2.75) is 0 Å². The van der Waals surface area contributed by atoms with Gasteiger partial charge in [0.05, 0.1) is 6.61 Å². The topological polar surface area (TPSA) is 87.1 Å². The molecule has 0 rings (SSSR count). The van der Waals surface area contributed by atoms with Crippen molar-refractivity contribution < 1.29 is 24.5 Å². The summed E-state index contributed by atoms with van der Waals surface area (Å²) in [5.74, 6) is -0.501. The first-order chi connectivity index (χ1) is 7.15. The minimum Gasteiger partial charge on any atom is -0.460 e. The maximum Gasteiger partial charge on any atom is 0.330 e. The summed E-state index contributed by atoms with van der Waals surface area (Å²) in [5, 5.41) is 16.2. The highest BCUT2D eigenvalue weighted by atomic mass is 16.5. The maximum atomic E-state index is 10.1. The lowest BCUT2D eigenvalue weighted by atomic mass is 10.6. The number of amides is 1. The Labute approximate surface area is 88.1 Å². The summed E-state index contributed by atoms with van der Waals surface area (Å²) >= 11 is 0. The summed E-state index contributed by atoms with van der Waals surface area (Å²) in [4.78, 5) is 20.8. The Morgan fingerprint density at radius 2 is 2.00 bits per heavy atom. The second kappa shape index (κ2) is 12.3. The fraction of sp³-hybridized carbons (Fsp3) is 0.333. The molecule has 0 aliphatic rings. The molecule has 0 saturated carbocycles. The van der Waals surface area contributed by atoms with Gasteiger partial charge in [-0.3, -0.25) is 9.69 Å². The van der Waals surface area contributed by atoms with Gasteiger partial charge in [0.2, 0.25) is 6.41 Å². The van der Waals surface area contributed by atoms with Crippen LogP contribution in [0.3, 0.4) is 0 Å². The molecule has 0 aromatic heterocycles. The van der Waals surface area contributed by atoms with E-state index in [0.29, 0.717) is 6.41 Å². The molecule has 0 aliphatic heterocycles. The predicted molar refractivity (Wildman–Crippen MR) is 53.4 cm³/mol. The van der Waals surface area contributed by atoms with Crippen molar-refractivity contribution in [3.8, 4) is 0 Å². The van der Waals surface area contributed by atoms with Crippen molar-refractivity contribution in [1.82, 2.24) is 4.90 Å². The van der Waals surface area contributed by atoms with E-state index in [1.807, 2.05) is 0 Å². The van der Waals surface area contributed by atoms with E-state index in [2.05, 4.69) is 17.9 Å². The molecule has 15 heavy (non-hydrogen) atoms. The van der Waals surface area contributed by atoms with E-state index >= 15 is 0 Å². The van der Waals surface area contributed by atoms with Crippen LogP contribution < -0.4 is 0 Å². The van der Waals surface area contributed by atoms with Crippen LogP contribution in [-0.2, 0) is 14.3 Å². The van der Waals surface area contributed by atoms with Crippen molar-refractivity contribution in [2.24, 2.45) is 0 Å². The van der Waals surface area contributed by atoms with Crippen molar-refractivity contribution in [2.75, 3.05) is 19.9 Å². The molecule has 0 aromatic rings. The average molecular weight is 217 g/mol. The van der Waals surface area contributed by atoms with E-state index in [-0.39, 0.29) is 19.9 Å². The summed E-state index contributed by atoms with van der Waals surface area (Å²) in [6.07, 6.45) is 2.79. The lowest BCUT2D eigenvalue weighted by Gasteiger charge is -2.02. The molecule has 1 amide bonds. The van der Waals surface area contributed by atoms with Crippen LogP contribution in [0, 0.1) is 0 Å². The Hall–Kier alpha value is -1.66. The highest BCUT2D eigenvalue weighted by Gasteiger charge is 1.90. The van der Waals surface area contributed by atoms with Crippen LogP contribution in [0.15, 0.2) is 25.4 Å². The van der Waals surface area contributed by atoms with Crippen LogP contribution in [0.4, 0.5) is 0 Å². The van der Waals surface area contributed by atoms with Crippen LogP contribution in [0.25, 0.3) is 0 Å². The van der Waals surface area contributed by atoms with Crippen LogP contribution in [0.1, 0.15) is 0 Å². The lowest BCUT2D eigenvalue weighted by Crippen LogP contribution is -2.14. The first-order valence-corrected chi connectivity index (χ1v) is 4.00. The van der Waals surface area contributed by atoms with Crippen molar-refractivity contribution >= 4 is 12.4 Å². The summed E-state index contributed by atoms with van der Waals surface area (Å²) in [7, 11) is 0. The third kappa shape index (κ3) is 12.3. The fourth-order valence-electron chi connectivity index (χ4n) is 0.339. The van der Waals surface area contributed by atoms with Gasteiger partial charge in [0.25, 0.3) is 0 Å². The van der Waals surface area contributed by atoms with Crippen LogP contribution in [0.2, 0.25) is 0 Å². The smallest absolute Gasteiger partial charge is 0.330 e. The van der Waals surface area contributed by atoms with Crippen molar-refractivity contribution in [3.63, 3.8) is 0 Å². The van der Waals surface area contributed by atoms with Gasteiger partial charge >= 0.3 is 5.97 Å². The molecular weight excluding hydrogens is 202 g/mol. The number of ether oxygens (including phenoxy) is 1. The van der Waals surface area contributed by atoms with Crippen LogP contribution in [-0.4, -0.2) is 47.4 Å². The minimum atomic E-state index is -0.501. The molecule has 6 nitrogen and oxygen atoms in total. The summed E-state index contributed by atoms with van der Waals surface area (Å²) in [6.45, 7) is 6.00. The molecular formula is C9H15NO5. The Bertz CT molecular complexity index is 197. The lowest BCUT2D eigenvalue weighted by molar-refractivity contribution is -0.138. The quantitative estimate of drug-likeness (QED) is 0.264. The maximum absolute atomic E-state index is 10.1. The van der Waals surface area contributed by atoms with Gasteiger partial charge in [-0.1, -0.05) is 13.2 Å². The van der Waals surface area contributed by atoms with E-state index in [9.17, 15) is 9.59 Å². The minimum absolute atomic E-state index is 0.0465. The first-order valence-electron chi connectivity index (χ1n) is 4.00. The molecule has 0 radical (unpaired) electrons. The summed E-state index contributed by atoms with van der Waals surface area (Å²) in [5.41, 5.74) is 0. The molecule has 0 heterocycles. The number of esters is 1. The Morgan fingerprint density at radius 1 is 1.40 bits per heavy atom. The van der Waals surface area contributed by atoms with E-state index in [0.717, 1.165) is 11.0 Å². The van der Waals surface area contributed by atoms with Gasteiger partial charge in [0.1, 0.15) is 13.3 Å². The van der Waals surface area contributed by atoms with Gasteiger partial charge in [0.15, 0.2) is 0 Å². The summed E-state index contributed by atoms with van der Waals surface area (Å²) in [6, 6.07) is 0. The fourth-order valence-corrected chi connectivity index (χ4v) is 0.339. The molecule has 2 N–H and O–H groups in total. The molecule has 86 valence electrons. The van der Waals surface area contributed by atoms with Gasteiger partial charge in [-0.25, -0.2) is 4.79 Å². The third-order valence-electron chi connectivity index (χ3n) is 1.04. The second-order valence-corrected chi connectivity index (χ2v) is 2.04. The highest BCUT2D eigenvalue weighted by molar-refractivity contribution is 5.81. The predicted octanol–water partition coefficient (Wildman–Crippen LogP) is -0.754. The molecule has 0 atom stereocenters. The number of hydrogen-bond acceptors (Lipinski definition) is 5. The van der Waals surface area contributed by atoms with Crippen LogP contribution in [0.5, 0.6) is 0 Å². The van der Waals surface area contributed by atoms with E-state index in [1.165, 1.54) is 6.20 Å². The molecule has 0 unspecified atom stereocenters. The zero-order chi connectivity index (χ0) is 12.1. The molecule has 0 saturated heterocycles. The SMILES string of the molecule is C=CC(=O)OCCO.C=CN(C=O)CO. The second-order valence-electron chi connectivity index (χ2n) is 2.04. The van der Waals surface area contributed by atoms with Gasteiger partial charge in [0, 0.05) is 12.3 Å². The van der Waals surface area contributed by atoms with Crippen molar-refractivity contribution in [1.29, 1.82) is 0 Å². The molecule has 0 aliphatic carbocycles. The summed E-state index contributed by atoms with van der Waals surface area (Å²) < 4.78 is 4.33. The molecule has 0 fully saturated rings. The zero-order valence-corrected chi connectivity index (χ0v) is 8.33. The van der Waals surface area contributed by atoms with Gasteiger partial charge in [-0.05, 0) is 0 Å². The van der Waals surface area contributed by atoms with E-state index < -0.39 is 5.97 Å². The monoisotopic (exact) mass is 217 g/mol. The number of rotatable bonds is 6. The number of carbonyl (C=O) groups is 2. The largest absolute Gasteiger partial charge is 0.460 e. The highest BCUT2D eigenvalue weighted by Crippen LogP contribution is 1.75. The van der Waals surface area contributed by atoms with Crippen molar-refractivity contribution in [3.05, 3.63) is 25.4 Å². The van der Waals surface area contributed by atoms with Gasteiger partial charge < -0.3 is 14.9 Å². The number of hydrogen-bond donors (Lipinski definition) is 2. The van der Waals surface area contributed by atoms with Gasteiger partial charge in [-0.15, -0.1) is 0 Å². The number of carbonyl (C=O) groups excluding carboxylic acids is 2. The Balaban J connectivity index is 0. The Kier molecular flexibility index (Phi) is 13.0. The number of aliphatic hydroxyl groups excluding tert-OH is 2. The van der Waals surface area contributed by atoms with E-state index in [4.69, 9.17) is 10.2 Å². The number of nitrogens with zero attached hydrogens (tertiary/aromatic N) is 1. The van der Waals surface area contributed by atoms with Gasteiger partial charge in [-0.2, -0.15) is 0 Å². The molecule has 0 bridgehead atoms. The van der Waals surface area contributed by atoms with Crippen LogP contribution >= 0.6 is 0 Å². The first kappa shape index (κ1) is 15.8. The molecule has 0 aromatic carbocycles. The van der Waals surface area contributed by atoms with E-state index in [1.54, 1.807) is 0 Å². The normalized spacial score (nSPS) is 7.87. The zero-order valence-electron chi connectivity index (χ0n) is 8.33. The molecule has 6 heteroatoms. The standard InChI is InChI=1S/C5H8O3.C4H7NO2/c1-2-5(7)8-4-3-6;1-2-5(3-6)4-7/h2,6H,1,3-4H2;2-3,7H,1,4H2. The average Bonchev–Trinajstić information content (AvgIpc) is 2.29. The third-order valence-corrected chi connectivity index (χ3v) is 1.04. The number of aliphatic hydroxyl groups is 2. The Morgan fingerprint density at radius 3 is 2.20 bits per heavy atom.